The highest BCUT2D eigenvalue weighted by Gasteiger charge is 2.11. The molecule has 0 saturated heterocycles. The summed E-state index contributed by atoms with van der Waals surface area (Å²) >= 11 is 0. The van der Waals surface area contributed by atoms with Crippen LogP contribution in [0.15, 0.2) is 18.2 Å². The van der Waals surface area contributed by atoms with Gasteiger partial charge in [-0.15, -0.1) is 0 Å². The van der Waals surface area contributed by atoms with Crippen molar-refractivity contribution in [2.75, 3.05) is 27.9 Å². The highest BCUT2D eigenvalue weighted by atomic mass is 16.5. The minimum atomic E-state index is 0.251. The summed E-state index contributed by atoms with van der Waals surface area (Å²) in [6, 6.07) is 6.30. The van der Waals surface area contributed by atoms with Crippen LogP contribution in [0.3, 0.4) is 0 Å². The number of hydrogen-bond donors (Lipinski definition) is 1. The summed E-state index contributed by atoms with van der Waals surface area (Å²) in [5, 5.41) is 3.27. The molecule has 1 atom stereocenters. The number of nitrogens with one attached hydrogen (secondary N) is 1. The van der Waals surface area contributed by atoms with E-state index in [1.807, 2.05) is 33.0 Å². The maximum absolute atomic E-state index is 5.65. The van der Waals surface area contributed by atoms with Crippen LogP contribution in [-0.2, 0) is 11.2 Å². The molecule has 1 aromatic rings. The molecule has 1 aromatic carbocycles. The van der Waals surface area contributed by atoms with Crippen LogP contribution in [0.25, 0.3) is 0 Å². The highest BCUT2D eigenvalue weighted by Crippen LogP contribution is 2.27. The number of rotatable bonds is 8. The fraction of sp³-hybridized carbons (Fsp3) is 0.600. The van der Waals surface area contributed by atoms with Gasteiger partial charge in [0.05, 0.1) is 26.9 Å². The van der Waals surface area contributed by atoms with Gasteiger partial charge in [0.25, 0.3) is 0 Å². The summed E-state index contributed by atoms with van der Waals surface area (Å²) in [7, 11) is 5.25. The fourth-order valence-electron chi connectivity index (χ4n) is 1.85. The van der Waals surface area contributed by atoms with E-state index in [-0.39, 0.29) is 6.10 Å². The number of likely N-dealkylation sites (N-methyl/N-ethyl adjacent to an activating group) is 1. The Labute approximate surface area is 116 Å². The van der Waals surface area contributed by atoms with Crippen molar-refractivity contribution < 1.29 is 14.2 Å². The summed E-state index contributed by atoms with van der Waals surface area (Å²) < 4.78 is 16.2. The van der Waals surface area contributed by atoms with Crippen molar-refractivity contribution in [3.63, 3.8) is 0 Å². The molecule has 4 heteroatoms. The molecule has 0 aliphatic rings. The Bertz CT molecular complexity index is 380. The van der Waals surface area contributed by atoms with Gasteiger partial charge in [0.2, 0.25) is 0 Å². The molecular formula is C15H25NO3. The summed E-state index contributed by atoms with van der Waals surface area (Å²) in [5.41, 5.74) is 1.20. The van der Waals surface area contributed by atoms with Crippen molar-refractivity contribution in [2.24, 2.45) is 0 Å². The molecule has 0 fully saturated rings. The normalized spacial score (nSPS) is 12.5. The van der Waals surface area contributed by atoms with E-state index in [0.717, 1.165) is 17.9 Å². The number of methoxy groups -OCH3 is 2. The smallest absolute Gasteiger partial charge is 0.160 e. The Kier molecular flexibility index (Phi) is 6.67. The van der Waals surface area contributed by atoms with Gasteiger partial charge in [-0.1, -0.05) is 6.07 Å². The standard InChI is InChI=1S/C15H25NO3/c1-11(2)19-10-13(16-3)8-12-6-7-14(17-4)15(9-12)18-5/h6-7,9,11,13,16H,8,10H2,1-5H3. The largest absolute Gasteiger partial charge is 0.493 e. The first-order chi connectivity index (χ1) is 9.10. The first-order valence-electron chi connectivity index (χ1n) is 6.60. The molecule has 0 spiro atoms. The van der Waals surface area contributed by atoms with Gasteiger partial charge in [-0.05, 0) is 45.0 Å². The van der Waals surface area contributed by atoms with Gasteiger partial charge in [0.1, 0.15) is 0 Å². The van der Waals surface area contributed by atoms with E-state index in [1.165, 1.54) is 5.56 Å². The van der Waals surface area contributed by atoms with Crippen LogP contribution in [0, 0.1) is 0 Å². The van der Waals surface area contributed by atoms with E-state index in [0.29, 0.717) is 12.6 Å². The molecule has 0 heterocycles. The van der Waals surface area contributed by atoms with Crippen LogP contribution in [-0.4, -0.2) is 40.0 Å². The lowest BCUT2D eigenvalue weighted by atomic mass is 10.1. The molecule has 0 aliphatic carbocycles. The third kappa shape index (κ3) is 5.09. The monoisotopic (exact) mass is 267 g/mol. The molecule has 1 N–H and O–H groups in total. The van der Waals surface area contributed by atoms with Gasteiger partial charge >= 0.3 is 0 Å². The van der Waals surface area contributed by atoms with Gasteiger partial charge in [0, 0.05) is 6.04 Å². The van der Waals surface area contributed by atoms with Crippen LogP contribution in [0.1, 0.15) is 19.4 Å². The Morgan fingerprint density at radius 1 is 1.11 bits per heavy atom. The van der Waals surface area contributed by atoms with Crippen LogP contribution >= 0.6 is 0 Å². The fourth-order valence-corrected chi connectivity index (χ4v) is 1.85. The molecule has 0 bridgehead atoms. The third-order valence-electron chi connectivity index (χ3n) is 2.97. The quantitative estimate of drug-likeness (QED) is 0.784. The lowest BCUT2D eigenvalue weighted by molar-refractivity contribution is 0.0627. The summed E-state index contributed by atoms with van der Waals surface area (Å²) in [5.74, 6) is 1.52. The maximum atomic E-state index is 5.65. The minimum Gasteiger partial charge on any atom is -0.493 e. The van der Waals surface area contributed by atoms with E-state index < -0.39 is 0 Å². The zero-order valence-corrected chi connectivity index (χ0v) is 12.5. The number of benzene rings is 1. The summed E-state index contributed by atoms with van der Waals surface area (Å²) in [6.45, 7) is 4.79. The van der Waals surface area contributed by atoms with E-state index in [1.54, 1.807) is 14.2 Å². The molecule has 4 nitrogen and oxygen atoms in total. The second-order valence-corrected chi connectivity index (χ2v) is 4.76. The third-order valence-corrected chi connectivity index (χ3v) is 2.97. The van der Waals surface area contributed by atoms with Crippen LogP contribution in [0.4, 0.5) is 0 Å². The Morgan fingerprint density at radius 2 is 1.79 bits per heavy atom. The predicted octanol–water partition coefficient (Wildman–Crippen LogP) is 2.26. The molecule has 1 rings (SSSR count). The summed E-state index contributed by atoms with van der Waals surface area (Å²) in [6.07, 6.45) is 1.14. The second-order valence-electron chi connectivity index (χ2n) is 4.76. The molecule has 0 aliphatic heterocycles. The molecular weight excluding hydrogens is 242 g/mol. The summed E-state index contributed by atoms with van der Waals surface area (Å²) in [4.78, 5) is 0. The van der Waals surface area contributed by atoms with Crippen molar-refractivity contribution >= 4 is 0 Å². The lowest BCUT2D eigenvalue weighted by Crippen LogP contribution is -2.33. The topological polar surface area (TPSA) is 39.7 Å². The van der Waals surface area contributed by atoms with Crippen molar-refractivity contribution in [2.45, 2.75) is 32.4 Å². The van der Waals surface area contributed by atoms with Gasteiger partial charge < -0.3 is 19.5 Å². The highest BCUT2D eigenvalue weighted by molar-refractivity contribution is 5.43. The zero-order chi connectivity index (χ0) is 14.3. The van der Waals surface area contributed by atoms with Crippen LogP contribution in [0.2, 0.25) is 0 Å². The predicted molar refractivity (Wildman–Crippen MR) is 77.2 cm³/mol. The van der Waals surface area contributed by atoms with E-state index in [2.05, 4.69) is 11.4 Å². The Morgan fingerprint density at radius 3 is 2.32 bits per heavy atom. The van der Waals surface area contributed by atoms with Gasteiger partial charge in [0.15, 0.2) is 11.5 Å². The average molecular weight is 267 g/mol. The lowest BCUT2D eigenvalue weighted by Gasteiger charge is -2.19. The van der Waals surface area contributed by atoms with Crippen LogP contribution < -0.4 is 14.8 Å². The number of hydrogen-bond acceptors (Lipinski definition) is 4. The van der Waals surface area contributed by atoms with Crippen LogP contribution in [0.5, 0.6) is 11.5 Å². The molecule has 108 valence electrons. The molecule has 19 heavy (non-hydrogen) atoms. The van der Waals surface area contributed by atoms with Gasteiger partial charge in [-0.2, -0.15) is 0 Å². The first kappa shape index (κ1) is 15.8. The zero-order valence-electron chi connectivity index (χ0n) is 12.5. The molecule has 0 radical (unpaired) electrons. The SMILES string of the molecule is CNC(COC(C)C)Cc1ccc(OC)c(OC)c1. The molecule has 1 unspecified atom stereocenters. The van der Waals surface area contributed by atoms with E-state index in [4.69, 9.17) is 14.2 Å². The first-order valence-corrected chi connectivity index (χ1v) is 6.60. The van der Waals surface area contributed by atoms with Crippen molar-refractivity contribution in [3.05, 3.63) is 23.8 Å². The minimum absolute atomic E-state index is 0.251. The van der Waals surface area contributed by atoms with E-state index in [9.17, 15) is 0 Å². The molecule has 0 amide bonds. The second kappa shape index (κ2) is 8.02. The maximum Gasteiger partial charge on any atom is 0.160 e. The van der Waals surface area contributed by atoms with Gasteiger partial charge in [-0.3, -0.25) is 0 Å². The van der Waals surface area contributed by atoms with Gasteiger partial charge in [-0.25, -0.2) is 0 Å². The van der Waals surface area contributed by atoms with E-state index >= 15 is 0 Å². The van der Waals surface area contributed by atoms with Crippen molar-refractivity contribution in [1.82, 2.24) is 5.32 Å². The number of ether oxygens (including phenoxy) is 3. The Balaban J connectivity index is 2.68. The Hall–Kier alpha value is -1.26. The average Bonchev–Trinajstić information content (AvgIpc) is 2.42. The van der Waals surface area contributed by atoms with Crippen molar-refractivity contribution in [3.8, 4) is 11.5 Å². The molecule has 0 aromatic heterocycles. The molecule has 0 saturated carbocycles. The van der Waals surface area contributed by atoms with Crippen molar-refractivity contribution in [1.29, 1.82) is 0 Å².